The number of H-pyrrole nitrogens is 1. The average Bonchev–Trinajstić information content (AvgIpc) is 3.05. The van der Waals surface area contributed by atoms with Gasteiger partial charge in [0.1, 0.15) is 5.56 Å². The van der Waals surface area contributed by atoms with E-state index in [9.17, 15) is 9.59 Å². The number of thiazole rings is 1. The summed E-state index contributed by atoms with van der Waals surface area (Å²) >= 11 is 7.48. The van der Waals surface area contributed by atoms with Crippen LogP contribution in [0.1, 0.15) is 20.8 Å². The Hall–Kier alpha value is -2.96. The van der Waals surface area contributed by atoms with Gasteiger partial charge in [0.25, 0.3) is 5.91 Å². The molecule has 140 valence electrons. The van der Waals surface area contributed by atoms with Crippen LogP contribution in [0.25, 0.3) is 22.2 Å². The van der Waals surface area contributed by atoms with Gasteiger partial charge in [0.05, 0.1) is 11.2 Å². The van der Waals surface area contributed by atoms with Crippen molar-refractivity contribution in [2.24, 2.45) is 0 Å². The van der Waals surface area contributed by atoms with E-state index in [0.29, 0.717) is 21.1 Å². The fourth-order valence-electron chi connectivity index (χ4n) is 3.06. The second kappa shape index (κ2) is 7.22. The molecule has 0 atom stereocenters. The zero-order valence-electron chi connectivity index (χ0n) is 15.2. The normalized spacial score (nSPS) is 11.0. The van der Waals surface area contributed by atoms with Gasteiger partial charge in [0.15, 0.2) is 5.13 Å². The standard InChI is InChI=1S/C21H16ClN3O2S/c1-11-16(22)9-8-14-17(11)23-10-15(19(14)26)20(27)25-21-24-18(12(2)28-21)13-6-4-3-5-7-13/h3-10H,1-2H3,(H,23,26)(H,24,25,27). The number of aryl methyl sites for hydroxylation is 2. The van der Waals surface area contributed by atoms with E-state index < -0.39 is 5.91 Å². The molecule has 0 fully saturated rings. The van der Waals surface area contributed by atoms with E-state index in [2.05, 4.69) is 15.3 Å². The maximum absolute atomic E-state index is 12.8. The highest BCUT2D eigenvalue weighted by Crippen LogP contribution is 2.30. The van der Waals surface area contributed by atoms with E-state index in [1.54, 1.807) is 12.1 Å². The Morgan fingerprint density at radius 1 is 1.14 bits per heavy atom. The molecule has 2 heterocycles. The Labute approximate surface area is 170 Å². The van der Waals surface area contributed by atoms with Crippen LogP contribution in [-0.2, 0) is 0 Å². The predicted molar refractivity (Wildman–Crippen MR) is 115 cm³/mol. The quantitative estimate of drug-likeness (QED) is 0.490. The van der Waals surface area contributed by atoms with Crippen LogP contribution in [0.15, 0.2) is 53.5 Å². The Balaban J connectivity index is 1.67. The summed E-state index contributed by atoms with van der Waals surface area (Å²) in [5, 5.41) is 4.18. The van der Waals surface area contributed by atoms with Crippen LogP contribution >= 0.6 is 22.9 Å². The number of carbonyl (C=O) groups excluding carboxylic acids is 1. The van der Waals surface area contributed by atoms with Crippen LogP contribution in [0.5, 0.6) is 0 Å². The van der Waals surface area contributed by atoms with Crippen molar-refractivity contribution in [1.29, 1.82) is 0 Å². The van der Waals surface area contributed by atoms with E-state index in [-0.39, 0.29) is 11.0 Å². The third kappa shape index (κ3) is 3.21. The number of rotatable bonds is 3. The Morgan fingerprint density at radius 2 is 1.89 bits per heavy atom. The smallest absolute Gasteiger partial charge is 0.262 e. The lowest BCUT2D eigenvalue weighted by atomic mass is 10.1. The van der Waals surface area contributed by atoms with Gasteiger partial charge in [0.2, 0.25) is 5.43 Å². The van der Waals surface area contributed by atoms with Crippen LogP contribution in [0, 0.1) is 13.8 Å². The van der Waals surface area contributed by atoms with Crippen molar-refractivity contribution in [2.45, 2.75) is 13.8 Å². The highest BCUT2D eigenvalue weighted by Gasteiger charge is 2.17. The minimum absolute atomic E-state index is 0.0309. The maximum atomic E-state index is 12.8. The molecule has 2 aromatic heterocycles. The SMILES string of the molecule is Cc1sc(NC(=O)c2c[nH]c3c(C)c(Cl)ccc3c2=O)nc1-c1ccccc1. The second-order valence-corrected chi connectivity index (χ2v) is 7.98. The number of carbonyl (C=O) groups is 1. The maximum Gasteiger partial charge on any atom is 0.262 e. The number of hydrogen-bond acceptors (Lipinski definition) is 4. The van der Waals surface area contributed by atoms with Gasteiger partial charge < -0.3 is 4.98 Å². The van der Waals surface area contributed by atoms with E-state index >= 15 is 0 Å². The van der Waals surface area contributed by atoms with Gasteiger partial charge in [-0.2, -0.15) is 0 Å². The number of benzene rings is 2. The first kappa shape index (κ1) is 18.4. The minimum atomic E-state index is -0.496. The summed E-state index contributed by atoms with van der Waals surface area (Å²) in [6.45, 7) is 3.77. The average molecular weight is 410 g/mol. The summed E-state index contributed by atoms with van der Waals surface area (Å²) in [6.07, 6.45) is 1.42. The first-order chi connectivity index (χ1) is 13.5. The van der Waals surface area contributed by atoms with Gasteiger partial charge in [0, 0.05) is 27.0 Å². The number of anilines is 1. The molecule has 0 unspecified atom stereocenters. The number of aromatic nitrogens is 2. The number of aromatic amines is 1. The van der Waals surface area contributed by atoms with Gasteiger partial charge in [-0.15, -0.1) is 11.3 Å². The fraction of sp³-hybridized carbons (Fsp3) is 0.0952. The zero-order valence-corrected chi connectivity index (χ0v) is 16.7. The molecule has 0 aliphatic rings. The van der Waals surface area contributed by atoms with Crippen LogP contribution < -0.4 is 10.7 Å². The topological polar surface area (TPSA) is 74.8 Å². The van der Waals surface area contributed by atoms with Crippen molar-refractivity contribution in [3.63, 3.8) is 0 Å². The summed E-state index contributed by atoms with van der Waals surface area (Å²) in [7, 11) is 0. The molecule has 0 saturated heterocycles. The van der Waals surface area contributed by atoms with Gasteiger partial charge in [-0.3, -0.25) is 14.9 Å². The molecule has 0 saturated carbocycles. The van der Waals surface area contributed by atoms with Crippen LogP contribution in [-0.4, -0.2) is 15.9 Å². The first-order valence-corrected chi connectivity index (χ1v) is 9.80. The first-order valence-electron chi connectivity index (χ1n) is 8.60. The van der Waals surface area contributed by atoms with E-state index in [1.807, 2.05) is 44.2 Å². The number of fused-ring (bicyclic) bond motifs is 1. The number of hydrogen-bond donors (Lipinski definition) is 2. The molecule has 2 aromatic carbocycles. The Bertz CT molecular complexity index is 1260. The molecule has 7 heteroatoms. The molecule has 0 aliphatic carbocycles. The number of nitrogens with zero attached hydrogens (tertiary/aromatic N) is 1. The lowest BCUT2D eigenvalue weighted by Crippen LogP contribution is -2.22. The number of nitrogens with one attached hydrogen (secondary N) is 2. The summed E-state index contributed by atoms with van der Waals surface area (Å²) in [6, 6.07) is 13.0. The minimum Gasteiger partial charge on any atom is -0.360 e. The van der Waals surface area contributed by atoms with Gasteiger partial charge in [-0.1, -0.05) is 41.9 Å². The van der Waals surface area contributed by atoms with Crippen molar-refractivity contribution in [2.75, 3.05) is 5.32 Å². The largest absolute Gasteiger partial charge is 0.360 e. The van der Waals surface area contributed by atoms with Crippen LogP contribution in [0.3, 0.4) is 0 Å². The van der Waals surface area contributed by atoms with Gasteiger partial charge >= 0.3 is 0 Å². The van der Waals surface area contributed by atoms with Crippen LogP contribution in [0.4, 0.5) is 5.13 Å². The zero-order chi connectivity index (χ0) is 19.8. The number of pyridine rings is 1. The molecule has 1 amide bonds. The van der Waals surface area contributed by atoms with Crippen LogP contribution in [0.2, 0.25) is 5.02 Å². The van der Waals surface area contributed by atoms with E-state index in [1.165, 1.54) is 17.5 Å². The molecule has 2 N–H and O–H groups in total. The molecule has 28 heavy (non-hydrogen) atoms. The third-order valence-electron chi connectivity index (χ3n) is 4.56. The molecule has 5 nitrogen and oxygen atoms in total. The molecule has 0 radical (unpaired) electrons. The molecule has 4 aromatic rings. The monoisotopic (exact) mass is 409 g/mol. The third-order valence-corrected chi connectivity index (χ3v) is 5.85. The number of halogens is 1. The van der Waals surface area contributed by atoms with Crippen molar-refractivity contribution in [3.05, 3.63) is 79.9 Å². The van der Waals surface area contributed by atoms with E-state index in [0.717, 1.165) is 21.7 Å². The summed E-state index contributed by atoms with van der Waals surface area (Å²) < 4.78 is 0. The molecule has 0 spiro atoms. The van der Waals surface area contributed by atoms with Crippen molar-refractivity contribution in [3.8, 4) is 11.3 Å². The lowest BCUT2D eigenvalue weighted by molar-refractivity contribution is 0.102. The summed E-state index contributed by atoms with van der Waals surface area (Å²) in [5.74, 6) is -0.496. The predicted octanol–water partition coefficient (Wildman–Crippen LogP) is 5.17. The Morgan fingerprint density at radius 3 is 2.64 bits per heavy atom. The van der Waals surface area contributed by atoms with Crippen molar-refractivity contribution >= 4 is 44.9 Å². The van der Waals surface area contributed by atoms with E-state index in [4.69, 9.17) is 11.6 Å². The Kier molecular flexibility index (Phi) is 4.75. The molecule has 4 rings (SSSR count). The molecular formula is C21H16ClN3O2S. The molecule has 0 aliphatic heterocycles. The number of amides is 1. The highest BCUT2D eigenvalue weighted by molar-refractivity contribution is 7.16. The highest BCUT2D eigenvalue weighted by atomic mass is 35.5. The van der Waals surface area contributed by atoms with Gasteiger partial charge in [-0.25, -0.2) is 4.98 Å². The summed E-state index contributed by atoms with van der Waals surface area (Å²) in [5.41, 5.74) is 2.88. The molecular weight excluding hydrogens is 394 g/mol. The van der Waals surface area contributed by atoms with Gasteiger partial charge in [-0.05, 0) is 31.5 Å². The second-order valence-electron chi connectivity index (χ2n) is 6.37. The molecule has 0 bridgehead atoms. The fourth-order valence-corrected chi connectivity index (χ4v) is 4.05. The lowest BCUT2D eigenvalue weighted by Gasteiger charge is -2.06. The van der Waals surface area contributed by atoms with Crippen molar-refractivity contribution < 1.29 is 4.79 Å². The van der Waals surface area contributed by atoms with Crippen molar-refractivity contribution in [1.82, 2.24) is 9.97 Å². The summed E-state index contributed by atoms with van der Waals surface area (Å²) in [4.78, 5) is 34.0.